The van der Waals surface area contributed by atoms with E-state index in [4.69, 9.17) is 5.73 Å². The van der Waals surface area contributed by atoms with E-state index in [1.54, 1.807) is 6.20 Å². The van der Waals surface area contributed by atoms with E-state index in [0.29, 0.717) is 30.9 Å². The second-order valence-electron chi connectivity index (χ2n) is 6.57. The van der Waals surface area contributed by atoms with Crippen LogP contribution in [0.25, 0.3) is 0 Å². The number of nitrogens with two attached hydrogens (primary N) is 1. The van der Waals surface area contributed by atoms with Crippen LogP contribution >= 0.6 is 11.8 Å². The van der Waals surface area contributed by atoms with Gasteiger partial charge >= 0.3 is 0 Å². The lowest BCUT2D eigenvalue weighted by Crippen LogP contribution is -2.57. The molecule has 3 atom stereocenters. The van der Waals surface area contributed by atoms with Gasteiger partial charge in [-0.25, -0.2) is 4.98 Å². The van der Waals surface area contributed by atoms with E-state index in [1.807, 2.05) is 0 Å². The van der Waals surface area contributed by atoms with Crippen molar-refractivity contribution in [1.29, 1.82) is 0 Å². The van der Waals surface area contributed by atoms with Gasteiger partial charge in [0.1, 0.15) is 12.1 Å². The van der Waals surface area contributed by atoms with Crippen LogP contribution in [-0.2, 0) is 25.6 Å². The Bertz CT molecular complexity index is 725. The van der Waals surface area contributed by atoms with E-state index in [9.17, 15) is 19.2 Å². The van der Waals surface area contributed by atoms with Crippen LogP contribution < -0.4 is 16.4 Å². The molecule has 3 rings (SSSR count). The van der Waals surface area contributed by atoms with Crippen molar-refractivity contribution < 1.29 is 19.2 Å². The summed E-state index contributed by atoms with van der Waals surface area (Å²) >= 11 is 1.34. The van der Waals surface area contributed by atoms with Crippen LogP contribution in [-0.4, -0.2) is 74.7 Å². The van der Waals surface area contributed by atoms with Crippen molar-refractivity contribution in [2.45, 2.75) is 37.4 Å². The maximum Gasteiger partial charge on any atom is 0.250 e. The summed E-state index contributed by atoms with van der Waals surface area (Å²) in [7, 11) is 0. The van der Waals surface area contributed by atoms with Crippen molar-refractivity contribution in [2.24, 2.45) is 5.73 Å². The minimum atomic E-state index is -0.802. The van der Waals surface area contributed by atoms with Crippen molar-refractivity contribution in [2.75, 3.05) is 18.1 Å². The number of aromatic amines is 1. The molecule has 0 spiro atoms. The second-order valence-corrected chi connectivity index (χ2v) is 7.60. The molecule has 5 N–H and O–H groups in total. The standard InChI is InChI=1S/C16H22N6O4S/c17-10(4-9-5-18-8-19-9)16(26)22-3-1-2-12(22)15(25)21-14(24)11-6-27-7-13(23)20-11/h5,8,10-12H,1-4,6-7,17H2,(H,18,19)(H,20,23)(H,21,24,25)/t10-,11?,12-/m0/s1. The van der Waals surface area contributed by atoms with E-state index in [1.165, 1.54) is 23.0 Å². The molecular formula is C16H22N6O4S. The van der Waals surface area contributed by atoms with Crippen molar-refractivity contribution in [3.05, 3.63) is 18.2 Å². The second kappa shape index (κ2) is 8.53. The number of H-pyrrole nitrogens is 1. The summed E-state index contributed by atoms with van der Waals surface area (Å²) in [6.45, 7) is 0.414. The first kappa shape index (κ1) is 19.4. The summed E-state index contributed by atoms with van der Waals surface area (Å²) in [5.41, 5.74) is 6.73. The van der Waals surface area contributed by atoms with Gasteiger partial charge < -0.3 is 20.9 Å². The molecule has 0 saturated carbocycles. The fourth-order valence-corrected chi connectivity index (χ4v) is 4.07. The lowest BCUT2D eigenvalue weighted by Gasteiger charge is -2.27. The Kier molecular flexibility index (Phi) is 6.11. The van der Waals surface area contributed by atoms with Gasteiger partial charge in [-0.3, -0.25) is 24.5 Å². The Morgan fingerprint density at radius 2 is 2.22 bits per heavy atom. The summed E-state index contributed by atoms with van der Waals surface area (Å²) in [4.78, 5) is 57.0. The quantitative estimate of drug-likeness (QED) is 0.428. The molecule has 0 aliphatic carbocycles. The fraction of sp³-hybridized carbons (Fsp3) is 0.562. The Labute approximate surface area is 160 Å². The zero-order valence-electron chi connectivity index (χ0n) is 14.6. The number of nitrogens with zero attached hydrogens (tertiary/aromatic N) is 2. The molecule has 1 aromatic heterocycles. The number of amides is 4. The van der Waals surface area contributed by atoms with Crippen LogP contribution in [0.15, 0.2) is 12.5 Å². The number of thioether (sulfide) groups is 1. The molecule has 4 amide bonds. The Hall–Kier alpha value is -2.40. The maximum atomic E-state index is 12.7. The van der Waals surface area contributed by atoms with Gasteiger partial charge in [-0.15, -0.1) is 11.8 Å². The normalized spacial score (nSPS) is 23.6. The van der Waals surface area contributed by atoms with Crippen LogP contribution in [0.5, 0.6) is 0 Å². The average Bonchev–Trinajstić information content (AvgIpc) is 3.32. The predicted molar refractivity (Wildman–Crippen MR) is 97.4 cm³/mol. The molecule has 0 radical (unpaired) electrons. The van der Waals surface area contributed by atoms with Gasteiger partial charge in [-0.05, 0) is 12.8 Å². The fourth-order valence-electron chi connectivity index (χ4n) is 3.22. The van der Waals surface area contributed by atoms with Crippen molar-refractivity contribution in [1.82, 2.24) is 25.5 Å². The van der Waals surface area contributed by atoms with Crippen molar-refractivity contribution >= 4 is 35.4 Å². The highest BCUT2D eigenvalue weighted by Gasteiger charge is 2.37. The number of hydrogen-bond donors (Lipinski definition) is 4. The molecule has 0 aromatic carbocycles. The lowest BCUT2D eigenvalue weighted by atomic mass is 10.1. The molecule has 3 heterocycles. The number of imidazole rings is 1. The first-order chi connectivity index (χ1) is 13.0. The minimum Gasteiger partial charge on any atom is -0.348 e. The van der Waals surface area contributed by atoms with E-state index >= 15 is 0 Å². The van der Waals surface area contributed by atoms with Gasteiger partial charge in [0.25, 0.3) is 0 Å². The third-order valence-electron chi connectivity index (χ3n) is 4.57. The summed E-state index contributed by atoms with van der Waals surface area (Å²) in [5.74, 6) is -0.951. The molecule has 0 bridgehead atoms. The molecule has 1 unspecified atom stereocenters. The highest BCUT2D eigenvalue weighted by molar-refractivity contribution is 8.00. The van der Waals surface area contributed by atoms with Crippen LogP contribution in [0.2, 0.25) is 0 Å². The lowest BCUT2D eigenvalue weighted by molar-refractivity contribution is -0.142. The molecule has 2 fully saturated rings. The first-order valence-electron chi connectivity index (χ1n) is 8.71. The van der Waals surface area contributed by atoms with E-state index < -0.39 is 29.9 Å². The zero-order valence-corrected chi connectivity index (χ0v) is 15.5. The molecule has 2 aliphatic rings. The van der Waals surface area contributed by atoms with Crippen LogP contribution in [0.3, 0.4) is 0 Å². The van der Waals surface area contributed by atoms with E-state index in [0.717, 1.165) is 5.69 Å². The van der Waals surface area contributed by atoms with Gasteiger partial charge in [-0.1, -0.05) is 0 Å². The highest BCUT2D eigenvalue weighted by atomic mass is 32.2. The summed E-state index contributed by atoms with van der Waals surface area (Å²) < 4.78 is 0. The average molecular weight is 394 g/mol. The predicted octanol–water partition coefficient (Wildman–Crippen LogP) is -1.86. The molecular weight excluding hydrogens is 372 g/mol. The number of nitrogens with one attached hydrogen (secondary N) is 3. The van der Waals surface area contributed by atoms with Crippen molar-refractivity contribution in [3.63, 3.8) is 0 Å². The number of carbonyl (C=O) groups excluding carboxylic acids is 4. The van der Waals surface area contributed by atoms with Gasteiger partial charge in [0, 0.05) is 30.6 Å². The van der Waals surface area contributed by atoms with Gasteiger partial charge in [0.2, 0.25) is 23.6 Å². The van der Waals surface area contributed by atoms with Crippen LogP contribution in [0, 0.1) is 0 Å². The number of aromatic nitrogens is 2. The molecule has 1 aromatic rings. The maximum absolute atomic E-state index is 12.7. The first-order valence-corrected chi connectivity index (χ1v) is 9.86. The topological polar surface area (TPSA) is 150 Å². The van der Waals surface area contributed by atoms with Crippen LogP contribution in [0.4, 0.5) is 0 Å². The number of imide groups is 1. The largest absolute Gasteiger partial charge is 0.348 e. The van der Waals surface area contributed by atoms with E-state index in [-0.39, 0.29) is 18.2 Å². The Morgan fingerprint density at radius 3 is 2.93 bits per heavy atom. The summed E-state index contributed by atoms with van der Waals surface area (Å²) in [6, 6.07) is -2.28. The SMILES string of the molecule is N[C@@H](Cc1cnc[nH]1)C(=O)N1CCC[C@H]1C(=O)NC(=O)C1CSCC(=O)N1. The number of carbonyl (C=O) groups is 4. The van der Waals surface area contributed by atoms with Gasteiger partial charge in [0.15, 0.2) is 0 Å². The molecule has 146 valence electrons. The van der Waals surface area contributed by atoms with Gasteiger partial charge in [0.05, 0.1) is 18.1 Å². The van der Waals surface area contributed by atoms with Gasteiger partial charge in [-0.2, -0.15) is 0 Å². The van der Waals surface area contributed by atoms with Crippen LogP contribution in [0.1, 0.15) is 18.5 Å². The van der Waals surface area contributed by atoms with Crippen molar-refractivity contribution in [3.8, 4) is 0 Å². The number of rotatable bonds is 5. The number of hydrogen-bond acceptors (Lipinski definition) is 7. The third kappa shape index (κ3) is 4.66. The highest BCUT2D eigenvalue weighted by Crippen LogP contribution is 2.19. The molecule has 2 aliphatic heterocycles. The minimum absolute atomic E-state index is 0.235. The zero-order chi connectivity index (χ0) is 19.4. The Morgan fingerprint density at radius 1 is 1.41 bits per heavy atom. The Balaban J connectivity index is 1.57. The molecule has 10 nitrogen and oxygen atoms in total. The molecule has 2 saturated heterocycles. The van der Waals surface area contributed by atoms with E-state index in [2.05, 4.69) is 20.6 Å². The monoisotopic (exact) mass is 394 g/mol. The smallest absolute Gasteiger partial charge is 0.250 e. The summed E-state index contributed by atoms with van der Waals surface area (Å²) in [5, 5.41) is 4.88. The summed E-state index contributed by atoms with van der Waals surface area (Å²) in [6.07, 6.45) is 4.51. The molecule has 27 heavy (non-hydrogen) atoms. The third-order valence-corrected chi connectivity index (χ3v) is 5.60. The molecule has 11 heteroatoms. The number of likely N-dealkylation sites (tertiary alicyclic amines) is 1.